The lowest BCUT2D eigenvalue weighted by Gasteiger charge is -2.32. The van der Waals surface area contributed by atoms with Gasteiger partial charge < -0.3 is 19.9 Å². The maximum atomic E-state index is 12.1. The van der Waals surface area contributed by atoms with E-state index in [1.165, 1.54) is 22.1 Å². The van der Waals surface area contributed by atoms with Crippen LogP contribution in [0.25, 0.3) is 10.9 Å². The highest BCUT2D eigenvalue weighted by molar-refractivity contribution is 5.84. The van der Waals surface area contributed by atoms with E-state index in [0.717, 1.165) is 55.6 Å². The molecule has 1 fully saturated rings. The number of rotatable bonds is 9. The Morgan fingerprint density at radius 2 is 1.97 bits per heavy atom. The second-order valence-electron chi connectivity index (χ2n) is 11.5. The fourth-order valence-corrected chi connectivity index (χ4v) is 5.09. The third-order valence-corrected chi connectivity index (χ3v) is 7.20. The normalized spacial score (nSPS) is 15.6. The highest BCUT2D eigenvalue weighted by Crippen LogP contribution is 2.29. The van der Waals surface area contributed by atoms with Gasteiger partial charge in [0.25, 0.3) is 0 Å². The number of allylic oxidation sites excluding steroid dienone is 6. The second kappa shape index (κ2) is 13.5. The molecular formula is C33H44N4O2. The van der Waals surface area contributed by atoms with Crippen molar-refractivity contribution in [3.05, 3.63) is 82.6 Å². The molecule has 6 heteroatoms. The SMILES string of the molecule is C=C/C(C#N)=C(/Cc1ccc2[nH]ccc2c1C)C(/C=C/CCN1CCC(NC(=O)OC(C)(C)C)CC1)=C(C)C. The Morgan fingerprint density at radius 3 is 2.59 bits per heavy atom. The van der Waals surface area contributed by atoms with E-state index in [-0.39, 0.29) is 12.1 Å². The van der Waals surface area contributed by atoms with E-state index in [1.54, 1.807) is 6.08 Å². The summed E-state index contributed by atoms with van der Waals surface area (Å²) in [5.74, 6) is 0. The number of amides is 1. The van der Waals surface area contributed by atoms with E-state index in [1.807, 2.05) is 27.0 Å². The van der Waals surface area contributed by atoms with Crippen LogP contribution in [0.1, 0.15) is 65.0 Å². The number of nitriles is 1. The van der Waals surface area contributed by atoms with Gasteiger partial charge >= 0.3 is 6.09 Å². The first kappa shape index (κ1) is 30.0. The van der Waals surface area contributed by atoms with Crippen LogP contribution in [-0.2, 0) is 11.2 Å². The second-order valence-corrected chi connectivity index (χ2v) is 11.5. The number of fused-ring (bicyclic) bond motifs is 1. The molecule has 1 aliphatic rings. The van der Waals surface area contributed by atoms with Crippen LogP contribution < -0.4 is 5.32 Å². The van der Waals surface area contributed by atoms with Gasteiger partial charge in [-0.1, -0.05) is 36.4 Å². The molecule has 1 aromatic heterocycles. The van der Waals surface area contributed by atoms with Crippen LogP contribution in [0.4, 0.5) is 4.79 Å². The molecule has 0 bridgehead atoms. The predicted octanol–water partition coefficient (Wildman–Crippen LogP) is 7.30. The molecule has 0 atom stereocenters. The number of piperidine rings is 1. The lowest BCUT2D eigenvalue weighted by molar-refractivity contribution is 0.0479. The number of hydrogen-bond donors (Lipinski definition) is 2. The quantitative estimate of drug-likeness (QED) is 0.264. The molecule has 0 spiro atoms. The number of carbonyl (C=O) groups excluding carboxylic acids is 1. The fourth-order valence-electron chi connectivity index (χ4n) is 5.09. The van der Waals surface area contributed by atoms with Crippen LogP contribution in [0.5, 0.6) is 0 Å². The molecule has 0 aliphatic carbocycles. The number of benzene rings is 1. The average molecular weight is 529 g/mol. The molecule has 3 rings (SSSR count). The third kappa shape index (κ3) is 8.46. The molecule has 1 saturated heterocycles. The lowest BCUT2D eigenvalue weighted by atomic mass is 9.88. The molecule has 39 heavy (non-hydrogen) atoms. The van der Waals surface area contributed by atoms with Crippen LogP contribution >= 0.6 is 0 Å². The predicted molar refractivity (Wildman–Crippen MR) is 161 cm³/mol. The Balaban J connectivity index is 1.63. The highest BCUT2D eigenvalue weighted by atomic mass is 16.6. The zero-order chi connectivity index (χ0) is 28.6. The molecule has 0 saturated carbocycles. The van der Waals surface area contributed by atoms with Gasteiger partial charge in [-0.15, -0.1) is 0 Å². The standard InChI is InChI=1S/C33H44N4O2/c1-8-25(22-34)30(21-26-12-13-31-29(24(26)4)14-17-35-31)28(23(2)3)11-9-10-18-37-19-15-27(16-20-37)36-32(38)39-33(5,6)7/h8-9,11-14,17,27,35H,1,10,15-16,18-21H2,2-7H3,(H,36,38)/b11-9+,30-25+. The smallest absolute Gasteiger partial charge is 0.407 e. The number of nitrogens with one attached hydrogen (secondary N) is 2. The third-order valence-electron chi connectivity index (χ3n) is 7.20. The maximum absolute atomic E-state index is 12.1. The van der Waals surface area contributed by atoms with Gasteiger partial charge in [-0.25, -0.2) is 4.79 Å². The number of carbonyl (C=O) groups is 1. The van der Waals surface area contributed by atoms with E-state index in [9.17, 15) is 10.1 Å². The Morgan fingerprint density at radius 1 is 1.26 bits per heavy atom. The number of H-pyrrole nitrogens is 1. The Hall–Kier alpha value is -3.56. The van der Waals surface area contributed by atoms with Crippen LogP contribution in [0, 0.1) is 18.3 Å². The summed E-state index contributed by atoms with van der Waals surface area (Å²) < 4.78 is 5.39. The molecule has 2 N–H and O–H groups in total. The summed E-state index contributed by atoms with van der Waals surface area (Å²) in [6, 6.07) is 8.90. The summed E-state index contributed by atoms with van der Waals surface area (Å²) >= 11 is 0. The summed E-state index contributed by atoms with van der Waals surface area (Å²) in [6.07, 6.45) is 11.1. The van der Waals surface area contributed by atoms with Crippen molar-refractivity contribution >= 4 is 17.0 Å². The molecule has 0 radical (unpaired) electrons. The summed E-state index contributed by atoms with van der Waals surface area (Å²) in [7, 11) is 0. The molecule has 1 amide bonds. The first-order valence-corrected chi connectivity index (χ1v) is 13.9. The van der Waals surface area contributed by atoms with E-state index in [0.29, 0.717) is 12.0 Å². The minimum atomic E-state index is -0.481. The molecule has 1 aromatic carbocycles. The number of aryl methyl sites for hydroxylation is 1. The summed E-state index contributed by atoms with van der Waals surface area (Å²) in [4.78, 5) is 17.8. The van der Waals surface area contributed by atoms with Gasteiger partial charge in [0.05, 0.1) is 11.6 Å². The topological polar surface area (TPSA) is 81.2 Å². The van der Waals surface area contributed by atoms with Crippen molar-refractivity contribution < 1.29 is 9.53 Å². The van der Waals surface area contributed by atoms with Gasteiger partial charge in [-0.05, 0) is 102 Å². The number of likely N-dealkylation sites (tertiary alicyclic amines) is 1. The summed E-state index contributed by atoms with van der Waals surface area (Å²) in [6.45, 7) is 18.8. The average Bonchev–Trinajstić information content (AvgIpc) is 3.35. The summed E-state index contributed by atoms with van der Waals surface area (Å²) in [5.41, 5.74) is 6.98. The molecule has 6 nitrogen and oxygen atoms in total. The lowest BCUT2D eigenvalue weighted by Crippen LogP contribution is -2.46. The van der Waals surface area contributed by atoms with E-state index >= 15 is 0 Å². The van der Waals surface area contributed by atoms with Gasteiger partial charge in [0.2, 0.25) is 0 Å². The molecule has 2 heterocycles. The molecule has 208 valence electrons. The van der Waals surface area contributed by atoms with E-state index in [4.69, 9.17) is 4.74 Å². The van der Waals surface area contributed by atoms with Crippen molar-refractivity contribution in [2.24, 2.45) is 0 Å². The van der Waals surface area contributed by atoms with Crippen molar-refractivity contribution in [1.82, 2.24) is 15.2 Å². The summed E-state index contributed by atoms with van der Waals surface area (Å²) in [5, 5.41) is 14.1. The first-order chi connectivity index (χ1) is 18.5. The van der Waals surface area contributed by atoms with Crippen molar-refractivity contribution in [2.75, 3.05) is 19.6 Å². The van der Waals surface area contributed by atoms with Crippen LogP contribution in [0.3, 0.4) is 0 Å². The van der Waals surface area contributed by atoms with Gasteiger partial charge in [0, 0.05) is 42.8 Å². The Kier molecular flexibility index (Phi) is 10.4. The Labute approximate surface area is 234 Å². The number of aromatic amines is 1. The highest BCUT2D eigenvalue weighted by Gasteiger charge is 2.23. The monoisotopic (exact) mass is 528 g/mol. The van der Waals surface area contributed by atoms with Gasteiger partial charge in [0.15, 0.2) is 0 Å². The first-order valence-electron chi connectivity index (χ1n) is 13.9. The van der Waals surface area contributed by atoms with Crippen molar-refractivity contribution in [2.45, 2.75) is 78.9 Å². The molecule has 2 aromatic rings. The van der Waals surface area contributed by atoms with Crippen molar-refractivity contribution in [1.29, 1.82) is 5.26 Å². The van der Waals surface area contributed by atoms with Crippen LogP contribution in [0.2, 0.25) is 0 Å². The van der Waals surface area contributed by atoms with Crippen molar-refractivity contribution in [3.63, 3.8) is 0 Å². The van der Waals surface area contributed by atoms with E-state index < -0.39 is 5.60 Å². The number of ether oxygens (including phenoxy) is 1. The Bertz CT molecular complexity index is 1300. The molecule has 0 unspecified atom stereocenters. The van der Waals surface area contributed by atoms with Gasteiger partial charge in [-0.3, -0.25) is 0 Å². The number of nitrogens with zero attached hydrogens (tertiary/aromatic N) is 2. The van der Waals surface area contributed by atoms with Gasteiger partial charge in [0.1, 0.15) is 5.60 Å². The van der Waals surface area contributed by atoms with Gasteiger partial charge in [-0.2, -0.15) is 5.26 Å². The number of alkyl carbamates (subject to hydrolysis) is 1. The maximum Gasteiger partial charge on any atom is 0.407 e. The largest absolute Gasteiger partial charge is 0.444 e. The van der Waals surface area contributed by atoms with Crippen LogP contribution in [0.15, 0.2) is 71.5 Å². The number of aromatic nitrogens is 1. The zero-order valence-electron chi connectivity index (χ0n) is 24.5. The minimum absolute atomic E-state index is 0.161. The molecular weight excluding hydrogens is 484 g/mol. The minimum Gasteiger partial charge on any atom is -0.444 e. The number of hydrogen-bond acceptors (Lipinski definition) is 4. The van der Waals surface area contributed by atoms with E-state index in [2.05, 4.69) is 79.0 Å². The van der Waals surface area contributed by atoms with Crippen LogP contribution in [-0.4, -0.2) is 47.3 Å². The zero-order valence-corrected chi connectivity index (χ0v) is 24.5. The molecule has 1 aliphatic heterocycles. The van der Waals surface area contributed by atoms with Crippen molar-refractivity contribution in [3.8, 4) is 6.07 Å². The fraction of sp³-hybridized carbons (Fsp3) is 0.455.